The predicted octanol–water partition coefficient (Wildman–Crippen LogP) is 3.12. The van der Waals surface area contributed by atoms with Crippen molar-refractivity contribution in [3.05, 3.63) is 34.5 Å². The highest BCUT2D eigenvalue weighted by Crippen LogP contribution is 2.23. The van der Waals surface area contributed by atoms with Gasteiger partial charge in [0.2, 0.25) is 0 Å². The smallest absolute Gasteiger partial charge is 0.169 e. The fourth-order valence-electron chi connectivity index (χ4n) is 2.31. The number of hydrogen-bond acceptors (Lipinski definition) is 4. The molecule has 1 saturated carbocycles. The minimum atomic E-state index is 0.770. The molecule has 3 nitrogen and oxygen atoms in total. The predicted molar refractivity (Wildman–Crippen MR) is 79.5 cm³/mol. The van der Waals surface area contributed by atoms with Crippen LogP contribution in [0, 0.1) is 13.8 Å². The Bertz CT molecular complexity index is 536. The molecule has 100 valence electrons. The van der Waals surface area contributed by atoms with Gasteiger partial charge in [-0.2, -0.15) is 0 Å². The highest BCUT2D eigenvalue weighted by atomic mass is 32.1. The monoisotopic (exact) mass is 273 g/mol. The maximum atomic E-state index is 4.66. The van der Waals surface area contributed by atoms with Crippen molar-refractivity contribution in [3.63, 3.8) is 0 Å². The van der Waals surface area contributed by atoms with Gasteiger partial charge in [0.15, 0.2) is 5.82 Å². The Morgan fingerprint density at radius 2 is 2.00 bits per heavy atom. The van der Waals surface area contributed by atoms with E-state index in [4.69, 9.17) is 0 Å². The summed E-state index contributed by atoms with van der Waals surface area (Å²) in [6.45, 7) is 5.23. The number of hydrogen-bond donors (Lipinski definition) is 1. The maximum Gasteiger partial charge on any atom is 0.169 e. The molecular formula is C15H19N3S. The van der Waals surface area contributed by atoms with Gasteiger partial charge in [-0.05, 0) is 56.7 Å². The molecule has 0 unspecified atom stereocenters. The Hall–Kier alpha value is -1.26. The summed E-state index contributed by atoms with van der Waals surface area (Å²) in [5.41, 5.74) is 3.54. The van der Waals surface area contributed by atoms with Crippen molar-refractivity contribution in [1.82, 2.24) is 15.3 Å². The van der Waals surface area contributed by atoms with Gasteiger partial charge in [-0.1, -0.05) is 6.07 Å². The number of thiophene rings is 1. The first kappa shape index (κ1) is 12.8. The Balaban J connectivity index is 1.77. The highest BCUT2D eigenvalue weighted by molar-refractivity contribution is 7.13. The van der Waals surface area contributed by atoms with E-state index in [0.29, 0.717) is 0 Å². The van der Waals surface area contributed by atoms with Crippen molar-refractivity contribution >= 4 is 11.3 Å². The molecule has 4 heteroatoms. The van der Waals surface area contributed by atoms with Crippen LogP contribution in [0.5, 0.6) is 0 Å². The molecule has 1 fully saturated rings. The second-order valence-electron chi connectivity index (χ2n) is 5.15. The third-order valence-corrected chi connectivity index (χ3v) is 4.41. The third-order valence-electron chi connectivity index (χ3n) is 3.55. The molecule has 0 bridgehead atoms. The number of nitrogens with one attached hydrogen (secondary N) is 1. The van der Waals surface area contributed by atoms with Crippen molar-refractivity contribution in [3.8, 4) is 10.7 Å². The number of rotatable bonds is 5. The van der Waals surface area contributed by atoms with Gasteiger partial charge in [0.25, 0.3) is 0 Å². The van der Waals surface area contributed by atoms with Crippen LogP contribution in [0.3, 0.4) is 0 Å². The van der Waals surface area contributed by atoms with Crippen molar-refractivity contribution in [1.29, 1.82) is 0 Å². The van der Waals surface area contributed by atoms with Crippen LogP contribution in [-0.4, -0.2) is 22.6 Å². The SMILES string of the molecule is Cc1nc(-c2cccs2)nc(C)c1CCNC1CC1. The summed E-state index contributed by atoms with van der Waals surface area (Å²) in [5, 5.41) is 5.61. The van der Waals surface area contributed by atoms with E-state index in [9.17, 15) is 0 Å². The molecule has 2 aromatic heterocycles. The van der Waals surface area contributed by atoms with E-state index < -0.39 is 0 Å². The van der Waals surface area contributed by atoms with Crippen molar-refractivity contribution < 1.29 is 0 Å². The van der Waals surface area contributed by atoms with E-state index in [-0.39, 0.29) is 0 Å². The standard InChI is InChI=1S/C15H19N3S/c1-10-13(7-8-16-12-5-6-12)11(2)18-15(17-10)14-4-3-9-19-14/h3-4,9,12,16H,5-8H2,1-2H3. The Morgan fingerprint density at radius 1 is 1.26 bits per heavy atom. The minimum Gasteiger partial charge on any atom is -0.314 e. The summed E-state index contributed by atoms with van der Waals surface area (Å²) in [4.78, 5) is 10.5. The summed E-state index contributed by atoms with van der Waals surface area (Å²) in [5.74, 6) is 0.865. The lowest BCUT2D eigenvalue weighted by Gasteiger charge is -2.10. The van der Waals surface area contributed by atoms with Crippen LogP contribution in [0.2, 0.25) is 0 Å². The molecule has 2 aromatic rings. The molecule has 0 amide bonds. The van der Waals surface area contributed by atoms with Crippen LogP contribution in [0.1, 0.15) is 29.8 Å². The lowest BCUT2D eigenvalue weighted by Crippen LogP contribution is -2.20. The molecule has 1 aliphatic carbocycles. The van der Waals surface area contributed by atoms with Gasteiger partial charge in [-0.25, -0.2) is 9.97 Å². The zero-order valence-electron chi connectivity index (χ0n) is 11.4. The summed E-state index contributed by atoms with van der Waals surface area (Å²) in [6.07, 6.45) is 3.70. The van der Waals surface area contributed by atoms with Gasteiger partial charge < -0.3 is 5.32 Å². The van der Waals surface area contributed by atoms with E-state index in [0.717, 1.165) is 41.1 Å². The lowest BCUT2D eigenvalue weighted by molar-refractivity contribution is 0.676. The summed E-state index contributed by atoms with van der Waals surface area (Å²) < 4.78 is 0. The quantitative estimate of drug-likeness (QED) is 0.909. The zero-order chi connectivity index (χ0) is 13.2. The van der Waals surface area contributed by atoms with Gasteiger partial charge in [-0.3, -0.25) is 0 Å². The second kappa shape index (κ2) is 5.39. The van der Waals surface area contributed by atoms with Crippen LogP contribution in [0.15, 0.2) is 17.5 Å². The third kappa shape index (κ3) is 3.01. The van der Waals surface area contributed by atoms with Gasteiger partial charge in [0, 0.05) is 17.4 Å². The normalized spacial score (nSPS) is 14.8. The molecule has 1 N–H and O–H groups in total. The molecule has 0 aliphatic heterocycles. The van der Waals surface area contributed by atoms with E-state index >= 15 is 0 Å². The van der Waals surface area contributed by atoms with Crippen molar-refractivity contribution in [2.45, 2.75) is 39.2 Å². The fraction of sp³-hybridized carbons (Fsp3) is 0.467. The number of aromatic nitrogens is 2. The molecule has 3 rings (SSSR count). The lowest BCUT2D eigenvalue weighted by atomic mass is 10.1. The fourth-order valence-corrected chi connectivity index (χ4v) is 2.96. The molecule has 0 spiro atoms. The van der Waals surface area contributed by atoms with E-state index in [1.807, 2.05) is 6.07 Å². The molecular weight excluding hydrogens is 254 g/mol. The molecule has 2 heterocycles. The molecule has 0 radical (unpaired) electrons. The first-order chi connectivity index (χ1) is 9.24. The Kier molecular flexibility index (Phi) is 3.62. The summed E-state index contributed by atoms with van der Waals surface area (Å²) in [7, 11) is 0. The van der Waals surface area contributed by atoms with Gasteiger partial charge in [0.05, 0.1) is 4.88 Å². The van der Waals surface area contributed by atoms with Crippen molar-refractivity contribution in [2.24, 2.45) is 0 Å². The summed E-state index contributed by atoms with van der Waals surface area (Å²) >= 11 is 1.69. The zero-order valence-corrected chi connectivity index (χ0v) is 12.3. The molecule has 1 aliphatic rings. The Labute approximate surface area is 118 Å². The first-order valence-electron chi connectivity index (χ1n) is 6.85. The largest absolute Gasteiger partial charge is 0.314 e. The topological polar surface area (TPSA) is 37.8 Å². The van der Waals surface area contributed by atoms with Gasteiger partial charge in [0.1, 0.15) is 0 Å². The van der Waals surface area contributed by atoms with Crippen LogP contribution >= 0.6 is 11.3 Å². The minimum absolute atomic E-state index is 0.770. The molecule has 0 aromatic carbocycles. The molecule has 0 saturated heterocycles. The van der Waals surface area contributed by atoms with Crippen LogP contribution in [-0.2, 0) is 6.42 Å². The number of nitrogens with zero attached hydrogens (tertiary/aromatic N) is 2. The van der Waals surface area contributed by atoms with Gasteiger partial charge in [-0.15, -0.1) is 11.3 Å². The van der Waals surface area contributed by atoms with E-state index in [1.54, 1.807) is 11.3 Å². The number of aryl methyl sites for hydroxylation is 2. The van der Waals surface area contributed by atoms with Crippen LogP contribution in [0.4, 0.5) is 0 Å². The second-order valence-corrected chi connectivity index (χ2v) is 6.10. The van der Waals surface area contributed by atoms with E-state index in [2.05, 4.69) is 40.6 Å². The Morgan fingerprint density at radius 3 is 2.58 bits per heavy atom. The average Bonchev–Trinajstić information content (AvgIpc) is 3.04. The maximum absolute atomic E-state index is 4.66. The summed E-state index contributed by atoms with van der Waals surface area (Å²) in [6, 6.07) is 4.89. The first-order valence-corrected chi connectivity index (χ1v) is 7.73. The average molecular weight is 273 g/mol. The highest BCUT2D eigenvalue weighted by Gasteiger charge is 2.20. The van der Waals surface area contributed by atoms with E-state index in [1.165, 1.54) is 18.4 Å². The van der Waals surface area contributed by atoms with Crippen LogP contribution in [0.25, 0.3) is 10.7 Å². The molecule has 19 heavy (non-hydrogen) atoms. The van der Waals surface area contributed by atoms with Crippen LogP contribution < -0.4 is 5.32 Å². The van der Waals surface area contributed by atoms with Crippen molar-refractivity contribution in [2.75, 3.05) is 6.54 Å². The molecule has 0 atom stereocenters. The van der Waals surface area contributed by atoms with Gasteiger partial charge >= 0.3 is 0 Å².